The Morgan fingerprint density at radius 1 is 1.21 bits per heavy atom. The van der Waals surface area contributed by atoms with Crippen LogP contribution in [0.3, 0.4) is 0 Å². The maximum atomic E-state index is 11.6. The predicted octanol–water partition coefficient (Wildman–Crippen LogP) is 0.579. The van der Waals surface area contributed by atoms with E-state index in [1.165, 1.54) is 9.80 Å². The van der Waals surface area contributed by atoms with Gasteiger partial charge in [0.25, 0.3) is 0 Å². The third kappa shape index (κ3) is 3.77. The molecule has 1 atom stereocenters. The van der Waals surface area contributed by atoms with Gasteiger partial charge in [-0.2, -0.15) is 0 Å². The molecule has 0 N–H and O–H groups in total. The molecule has 0 fully saturated rings. The monoisotopic (exact) mass is 200 g/mol. The van der Waals surface area contributed by atoms with E-state index in [0.717, 1.165) is 6.42 Å². The summed E-state index contributed by atoms with van der Waals surface area (Å²) in [6.45, 7) is 4.00. The second kappa shape index (κ2) is 5.62. The lowest BCUT2D eigenvalue weighted by atomic mass is 10.1. The molecular formula is C10H20N2O2. The van der Waals surface area contributed by atoms with Gasteiger partial charge in [-0.1, -0.05) is 13.8 Å². The number of amides is 2. The van der Waals surface area contributed by atoms with Crippen LogP contribution in [-0.4, -0.2) is 49.3 Å². The molecule has 0 aromatic rings. The minimum atomic E-state index is -0.0517. The van der Waals surface area contributed by atoms with E-state index in [4.69, 9.17) is 0 Å². The van der Waals surface area contributed by atoms with E-state index in [1.807, 2.05) is 13.8 Å². The summed E-state index contributed by atoms with van der Waals surface area (Å²) in [6.07, 6.45) is 0.805. The molecule has 0 aromatic heterocycles. The fourth-order valence-corrected chi connectivity index (χ4v) is 0.973. The van der Waals surface area contributed by atoms with Crippen molar-refractivity contribution in [1.82, 2.24) is 9.80 Å². The molecule has 0 aromatic carbocycles. The Kier molecular flexibility index (Phi) is 5.20. The Balaban J connectivity index is 4.14. The van der Waals surface area contributed by atoms with Crippen molar-refractivity contribution in [3.63, 3.8) is 0 Å². The fourth-order valence-electron chi connectivity index (χ4n) is 0.973. The van der Waals surface area contributed by atoms with E-state index in [0.29, 0.717) is 0 Å². The quantitative estimate of drug-likeness (QED) is 0.666. The van der Waals surface area contributed by atoms with Gasteiger partial charge >= 0.3 is 0 Å². The number of nitrogens with zero attached hydrogens (tertiary/aromatic N) is 2. The summed E-state index contributed by atoms with van der Waals surface area (Å²) < 4.78 is 0. The van der Waals surface area contributed by atoms with Crippen LogP contribution in [0.1, 0.15) is 20.3 Å². The van der Waals surface area contributed by atoms with Gasteiger partial charge in [-0.05, 0) is 6.42 Å². The van der Waals surface area contributed by atoms with Crippen molar-refractivity contribution in [2.75, 3.05) is 27.7 Å². The number of rotatable bonds is 4. The highest BCUT2D eigenvalue weighted by Crippen LogP contribution is 2.04. The summed E-state index contributed by atoms with van der Waals surface area (Å²) >= 11 is 0. The van der Waals surface area contributed by atoms with Crippen molar-refractivity contribution in [3.8, 4) is 0 Å². The maximum Gasteiger partial charge on any atom is 0.241 e. The zero-order valence-corrected chi connectivity index (χ0v) is 9.70. The van der Waals surface area contributed by atoms with Gasteiger partial charge in [0.05, 0.1) is 6.54 Å². The van der Waals surface area contributed by atoms with Crippen LogP contribution in [0.25, 0.3) is 0 Å². The maximum absolute atomic E-state index is 11.6. The molecule has 4 heteroatoms. The Hall–Kier alpha value is -1.06. The van der Waals surface area contributed by atoms with Crippen molar-refractivity contribution in [2.45, 2.75) is 20.3 Å². The molecule has 4 nitrogen and oxygen atoms in total. The van der Waals surface area contributed by atoms with E-state index in [2.05, 4.69) is 0 Å². The summed E-state index contributed by atoms with van der Waals surface area (Å²) in [7, 11) is 5.03. The molecule has 0 saturated carbocycles. The molecule has 0 radical (unpaired) electrons. The first-order valence-corrected chi connectivity index (χ1v) is 4.85. The summed E-state index contributed by atoms with van der Waals surface area (Å²) in [5, 5.41) is 0. The van der Waals surface area contributed by atoms with Crippen LogP contribution in [0.2, 0.25) is 0 Å². The molecule has 0 heterocycles. The highest BCUT2D eigenvalue weighted by atomic mass is 16.2. The van der Waals surface area contributed by atoms with E-state index < -0.39 is 0 Å². The van der Waals surface area contributed by atoms with Gasteiger partial charge in [0, 0.05) is 27.1 Å². The zero-order chi connectivity index (χ0) is 11.3. The predicted molar refractivity (Wildman–Crippen MR) is 55.8 cm³/mol. The van der Waals surface area contributed by atoms with E-state index >= 15 is 0 Å². The molecule has 1 unspecified atom stereocenters. The standard InChI is InChI=1S/C10H20N2O2/c1-6-8(2)10(14)12(5)7-9(13)11(3)4/h8H,6-7H2,1-5H3. The molecule has 2 amide bonds. The molecule has 0 saturated heterocycles. The minimum absolute atomic E-state index is 0.00466. The third-order valence-corrected chi connectivity index (χ3v) is 2.28. The fraction of sp³-hybridized carbons (Fsp3) is 0.800. The van der Waals surface area contributed by atoms with Crippen LogP contribution >= 0.6 is 0 Å². The molecule has 0 aliphatic heterocycles. The molecule has 0 spiro atoms. The van der Waals surface area contributed by atoms with E-state index in [9.17, 15) is 9.59 Å². The summed E-state index contributed by atoms with van der Waals surface area (Å²) in [5.74, 6) is -0.0261. The third-order valence-electron chi connectivity index (χ3n) is 2.28. The molecule has 0 rings (SSSR count). The Morgan fingerprint density at radius 3 is 2.07 bits per heavy atom. The van der Waals surface area contributed by atoms with Crippen molar-refractivity contribution >= 4 is 11.8 Å². The van der Waals surface area contributed by atoms with Crippen LogP contribution in [-0.2, 0) is 9.59 Å². The lowest BCUT2D eigenvalue weighted by molar-refractivity contribution is -0.140. The first kappa shape index (κ1) is 12.9. The average molecular weight is 200 g/mol. The van der Waals surface area contributed by atoms with Crippen LogP contribution in [0, 0.1) is 5.92 Å². The summed E-state index contributed by atoms with van der Waals surface area (Å²) in [5.41, 5.74) is 0. The summed E-state index contributed by atoms with van der Waals surface area (Å²) in [4.78, 5) is 25.9. The first-order valence-electron chi connectivity index (χ1n) is 4.85. The van der Waals surface area contributed by atoms with E-state index in [-0.39, 0.29) is 24.3 Å². The molecule has 14 heavy (non-hydrogen) atoms. The van der Waals surface area contributed by atoms with Gasteiger partial charge in [0.2, 0.25) is 11.8 Å². The van der Waals surface area contributed by atoms with Crippen LogP contribution in [0.15, 0.2) is 0 Å². The van der Waals surface area contributed by atoms with Gasteiger partial charge in [-0.25, -0.2) is 0 Å². The molecule has 0 aliphatic carbocycles. The highest BCUT2D eigenvalue weighted by molar-refractivity contribution is 5.85. The normalized spacial score (nSPS) is 12.1. The van der Waals surface area contributed by atoms with Crippen molar-refractivity contribution in [2.24, 2.45) is 5.92 Å². The Morgan fingerprint density at radius 2 is 1.71 bits per heavy atom. The van der Waals surface area contributed by atoms with Gasteiger partial charge in [-0.15, -0.1) is 0 Å². The van der Waals surface area contributed by atoms with Crippen molar-refractivity contribution in [3.05, 3.63) is 0 Å². The number of carbonyl (C=O) groups is 2. The molecule has 82 valence electrons. The van der Waals surface area contributed by atoms with Gasteiger partial charge in [0.15, 0.2) is 0 Å². The number of hydrogen-bond donors (Lipinski definition) is 0. The van der Waals surface area contributed by atoms with Crippen molar-refractivity contribution in [1.29, 1.82) is 0 Å². The Bertz CT molecular complexity index is 214. The van der Waals surface area contributed by atoms with Crippen LogP contribution in [0.4, 0.5) is 0 Å². The van der Waals surface area contributed by atoms with Crippen LogP contribution in [0.5, 0.6) is 0 Å². The van der Waals surface area contributed by atoms with E-state index in [1.54, 1.807) is 21.1 Å². The first-order chi connectivity index (χ1) is 6.40. The smallest absolute Gasteiger partial charge is 0.241 e. The zero-order valence-electron chi connectivity index (χ0n) is 9.70. The largest absolute Gasteiger partial charge is 0.347 e. The number of carbonyl (C=O) groups excluding carboxylic acids is 2. The molecule has 0 bridgehead atoms. The molecule has 0 aliphatic rings. The van der Waals surface area contributed by atoms with Crippen LogP contribution < -0.4 is 0 Å². The van der Waals surface area contributed by atoms with Crippen molar-refractivity contribution < 1.29 is 9.59 Å². The highest BCUT2D eigenvalue weighted by Gasteiger charge is 2.18. The molecular weight excluding hydrogens is 180 g/mol. The number of likely N-dealkylation sites (N-methyl/N-ethyl adjacent to an activating group) is 2. The SMILES string of the molecule is CCC(C)C(=O)N(C)CC(=O)N(C)C. The topological polar surface area (TPSA) is 40.6 Å². The minimum Gasteiger partial charge on any atom is -0.347 e. The lowest BCUT2D eigenvalue weighted by Crippen LogP contribution is -2.39. The number of hydrogen-bond acceptors (Lipinski definition) is 2. The van der Waals surface area contributed by atoms with Gasteiger partial charge < -0.3 is 9.80 Å². The average Bonchev–Trinajstić information content (AvgIpc) is 2.14. The van der Waals surface area contributed by atoms with Gasteiger partial charge in [-0.3, -0.25) is 9.59 Å². The summed E-state index contributed by atoms with van der Waals surface area (Å²) in [6, 6.07) is 0. The second-order valence-electron chi connectivity index (χ2n) is 3.79. The van der Waals surface area contributed by atoms with Gasteiger partial charge in [0.1, 0.15) is 0 Å². The Labute approximate surface area is 85.9 Å². The second-order valence-corrected chi connectivity index (χ2v) is 3.79. The lowest BCUT2D eigenvalue weighted by Gasteiger charge is -2.21.